The van der Waals surface area contributed by atoms with Gasteiger partial charge in [0.15, 0.2) is 0 Å². The molecule has 102 valence electrons. The number of rotatable bonds is 5. The minimum atomic E-state index is 0.649. The van der Waals surface area contributed by atoms with Crippen molar-refractivity contribution in [3.05, 3.63) is 17.5 Å². The second-order valence-electron chi connectivity index (χ2n) is 5.45. The molecule has 0 amide bonds. The summed E-state index contributed by atoms with van der Waals surface area (Å²) >= 11 is 0. The van der Waals surface area contributed by atoms with Gasteiger partial charge in [0.25, 0.3) is 0 Å². The van der Waals surface area contributed by atoms with E-state index in [0.29, 0.717) is 6.04 Å². The van der Waals surface area contributed by atoms with Crippen LogP contribution in [0.25, 0.3) is 0 Å². The molecule has 1 aromatic heterocycles. The Balaban J connectivity index is 2.01. The summed E-state index contributed by atoms with van der Waals surface area (Å²) in [7, 11) is 0. The van der Waals surface area contributed by atoms with Crippen molar-refractivity contribution in [2.45, 2.75) is 65.5 Å². The van der Waals surface area contributed by atoms with Crippen LogP contribution in [0.2, 0.25) is 0 Å². The normalized spacial score (nSPS) is 24.4. The summed E-state index contributed by atoms with van der Waals surface area (Å²) in [5, 5.41) is 8.31. The molecule has 2 rings (SSSR count). The van der Waals surface area contributed by atoms with Gasteiger partial charge in [-0.25, -0.2) is 0 Å². The van der Waals surface area contributed by atoms with E-state index in [9.17, 15) is 0 Å². The number of aryl methyl sites for hydroxylation is 2. The molecule has 0 saturated carbocycles. The Morgan fingerprint density at radius 3 is 2.89 bits per heavy atom. The number of nitrogens with one attached hydrogen (secondary N) is 1. The van der Waals surface area contributed by atoms with Gasteiger partial charge in [-0.05, 0) is 44.7 Å². The van der Waals surface area contributed by atoms with E-state index in [1.165, 1.54) is 37.2 Å². The molecule has 1 aliphatic heterocycles. The van der Waals surface area contributed by atoms with Crippen LogP contribution < -0.4 is 5.32 Å². The summed E-state index contributed by atoms with van der Waals surface area (Å²) in [4.78, 5) is 0. The van der Waals surface area contributed by atoms with E-state index >= 15 is 0 Å². The Bertz CT molecular complexity index is 370. The fourth-order valence-electron chi connectivity index (χ4n) is 3.00. The van der Waals surface area contributed by atoms with Gasteiger partial charge in [-0.2, -0.15) is 5.10 Å². The summed E-state index contributed by atoms with van der Waals surface area (Å²) in [6, 6.07) is 2.94. The molecular weight excluding hydrogens is 222 g/mol. The van der Waals surface area contributed by atoms with Crippen molar-refractivity contribution in [3.8, 4) is 0 Å². The standard InChI is InChI=1S/C15H27N3/c1-4-12-7-8-16-14(9-12)11-15-10-13(5-2)17-18(15)6-3/h10,12,14,16H,4-9,11H2,1-3H3. The minimum Gasteiger partial charge on any atom is -0.314 e. The van der Waals surface area contributed by atoms with E-state index in [1.807, 2.05) is 0 Å². The molecule has 0 radical (unpaired) electrons. The summed E-state index contributed by atoms with van der Waals surface area (Å²) in [5.74, 6) is 0.917. The summed E-state index contributed by atoms with van der Waals surface area (Å²) in [6.45, 7) is 8.85. The van der Waals surface area contributed by atoms with Crippen molar-refractivity contribution in [1.82, 2.24) is 15.1 Å². The average molecular weight is 249 g/mol. The molecule has 3 nitrogen and oxygen atoms in total. The fourth-order valence-corrected chi connectivity index (χ4v) is 3.00. The largest absolute Gasteiger partial charge is 0.314 e. The molecule has 2 atom stereocenters. The number of hydrogen-bond donors (Lipinski definition) is 1. The smallest absolute Gasteiger partial charge is 0.0624 e. The first kappa shape index (κ1) is 13.6. The van der Waals surface area contributed by atoms with Gasteiger partial charge in [0, 0.05) is 24.7 Å². The second-order valence-corrected chi connectivity index (χ2v) is 5.45. The number of aromatic nitrogens is 2. The third-order valence-electron chi connectivity index (χ3n) is 4.21. The lowest BCUT2D eigenvalue weighted by Gasteiger charge is -2.29. The molecule has 1 aromatic rings. The van der Waals surface area contributed by atoms with Crippen LogP contribution in [0.5, 0.6) is 0 Å². The predicted octanol–water partition coefficient (Wildman–Crippen LogP) is 2.79. The molecule has 18 heavy (non-hydrogen) atoms. The molecule has 1 saturated heterocycles. The van der Waals surface area contributed by atoms with Crippen molar-refractivity contribution in [2.75, 3.05) is 6.54 Å². The number of piperidine rings is 1. The molecular formula is C15H27N3. The molecule has 0 bridgehead atoms. The first-order valence-electron chi connectivity index (χ1n) is 7.55. The van der Waals surface area contributed by atoms with Crippen LogP contribution in [-0.2, 0) is 19.4 Å². The van der Waals surface area contributed by atoms with Gasteiger partial charge >= 0.3 is 0 Å². The molecule has 3 heteroatoms. The van der Waals surface area contributed by atoms with Crippen molar-refractivity contribution in [3.63, 3.8) is 0 Å². The van der Waals surface area contributed by atoms with E-state index < -0.39 is 0 Å². The van der Waals surface area contributed by atoms with Gasteiger partial charge in [-0.3, -0.25) is 4.68 Å². The van der Waals surface area contributed by atoms with Crippen LogP contribution in [0.1, 0.15) is 51.4 Å². The van der Waals surface area contributed by atoms with Gasteiger partial charge < -0.3 is 5.32 Å². The van der Waals surface area contributed by atoms with Crippen LogP contribution in [0.15, 0.2) is 6.07 Å². The van der Waals surface area contributed by atoms with E-state index in [1.54, 1.807) is 0 Å². The summed E-state index contributed by atoms with van der Waals surface area (Å²) in [6.07, 6.45) is 6.17. The maximum atomic E-state index is 4.64. The van der Waals surface area contributed by atoms with Crippen molar-refractivity contribution < 1.29 is 0 Å². The molecule has 1 aliphatic rings. The number of nitrogens with zero attached hydrogens (tertiary/aromatic N) is 2. The Kier molecular flexibility index (Phi) is 4.81. The van der Waals surface area contributed by atoms with Crippen molar-refractivity contribution in [1.29, 1.82) is 0 Å². The molecule has 2 heterocycles. The quantitative estimate of drug-likeness (QED) is 0.869. The fraction of sp³-hybridized carbons (Fsp3) is 0.800. The van der Waals surface area contributed by atoms with E-state index in [-0.39, 0.29) is 0 Å². The van der Waals surface area contributed by atoms with Crippen LogP contribution >= 0.6 is 0 Å². The lowest BCUT2D eigenvalue weighted by molar-refractivity contribution is 0.291. The molecule has 0 aromatic carbocycles. The highest BCUT2D eigenvalue weighted by molar-refractivity contribution is 5.12. The maximum Gasteiger partial charge on any atom is 0.0624 e. The third kappa shape index (κ3) is 3.14. The molecule has 2 unspecified atom stereocenters. The van der Waals surface area contributed by atoms with Crippen molar-refractivity contribution >= 4 is 0 Å². The van der Waals surface area contributed by atoms with Gasteiger partial charge in [0.2, 0.25) is 0 Å². The Labute approximate surface area is 111 Å². The predicted molar refractivity (Wildman–Crippen MR) is 75.8 cm³/mol. The Morgan fingerprint density at radius 1 is 1.39 bits per heavy atom. The Morgan fingerprint density at radius 2 is 2.22 bits per heavy atom. The monoisotopic (exact) mass is 249 g/mol. The highest BCUT2D eigenvalue weighted by Gasteiger charge is 2.21. The maximum absolute atomic E-state index is 4.64. The summed E-state index contributed by atoms with van der Waals surface area (Å²) in [5.41, 5.74) is 2.64. The van der Waals surface area contributed by atoms with E-state index in [2.05, 4.69) is 41.9 Å². The average Bonchev–Trinajstić information content (AvgIpc) is 2.81. The number of hydrogen-bond acceptors (Lipinski definition) is 2. The zero-order valence-electron chi connectivity index (χ0n) is 12.1. The highest BCUT2D eigenvalue weighted by Crippen LogP contribution is 2.21. The first-order valence-corrected chi connectivity index (χ1v) is 7.55. The van der Waals surface area contributed by atoms with Crippen LogP contribution in [-0.4, -0.2) is 22.4 Å². The molecule has 0 spiro atoms. The van der Waals surface area contributed by atoms with Crippen LogP contribution in [0.3, 0.4) is 0 Å². The zero-order chi connectivity index (χ0) is 13.0. The first-order chi connectivity index (χ1) is 8.76. The minimum absolute atomic E-state index is 0.649. The van der Waals surface area contributed by atoms with Crippen molar-refractivity contribution in [2.24, 2.45) is 5.92 Å². The van der Waals surface area contributed by atoms with Gasteiger partial charge in [0.05, 0.1) is 5.69 Å². The lowest BCUT2D eigenvalue weighted by atomic mass is 9.88. The molecule has 1 fully saturated rings. The SMILES string of the molecule is CCc1cc(CC2CC(CC)CCN2)n(CC)n1. The lowest BCUT2D eigenvalue weighted by Crippen LogP contribution is -2.39. The molecule has 0 aliphatic carbocycles. The topological polar surface area (TPSA) is 29.9 Å². The Hall–Kier alpha value is -0.830. The molecule has 1 N–H and O–H groups in total. The zero-order valence-corrected chi connectivity index (χ0v) is 12.1. The highest BCUT2D eigenvalue weighted by atomic mass is 15.3. The third-order valence-corrected chi connectivity index (χ3v) is 4.21. The summed E-state index contributed by atoms with van der Waals surface area (Å²) < 4.78 is 2.18. The second kappa shape index (κ2) is 6.37. The van der Waals surface area contributed by atoms with Gasteiger partial charge in [0.1, 0.15) is 0 Å². The van der Waals surface area contributed by atoms with Gasteiger partial charge in [-0.1, -0.05) is 20.3 Å². The van der Waals surface area contributed by atoms with E-state index in [0.717, 1.165) is 25.3 Å². The van der Waals surface area contributed by atoms with Gasteiger partial charge in [-0.15, -0.1) is 0 Å². The van der Waals surface area contributed by atoms with Crippen LogP contribution in [0.4, 0.5) is 0 Å². The van der Waals surface area contributed by atoms with E-state index in [4.69, 9.17) is 0 Å². The van der Waals surface area contributed by atoms with Crippen LogP contribution in [0, 0.1) is 5.92 Å².